The van der Waals surface area contributed by atoms with Crippen molar-refractivity contribution >= 4 is 22.8 Å². The van der Waals surface area contributed by atoms with Gasteiger partial charge in [-0.3, -0.25) is 4.79 Å². The first-order valence-corrected chi connectivity index (χ1v) is 9.85. The number of para-hydroxylation sites is 1. The van der Waals surface area contributed by atoms with Gasteiger partial charge >= 0.3 is 0 Å². The number of aryl methyl sites for hydroxylation is 2. The number of nitrogens with zero attached hydrogens (tertiary/aromatic N) is 4. The SMILES string of the molecule is Cc1ccc(-c2cc(C(=O)Nc3ccn(-c4ccccc4)n3)c3c(C)noc3n2)cc1. The van der Waals surface area contributed by atoms with Crippen LogP contribution in [0.15, 0.2) is 77.4 Å². The summed E-state index contributed by atoms with van der Waals surface area (Å²) in [6.07, 6.45) is 1.80. The molecule has 0 bridgehead atoms. The summed E-state index contributed by atoms with van der Waals surface area (Å²) in [5.41, 5.74) is 4.97. The monoisotopic (exact) mass is 409 g/mol. The molecule has 3 heterocycles. The Labute approximate surface area is 178 Å². The lowest BCUT2D eigenvalue weighted by atomic mass is 10.0. The van der Waals surface area contributed by atoms with Crippen LogP contribution in [0.1, 0.15) is 21.6 Å². The van der Waals surface area contributed by atoms with Gasteiger partial charge in [0.05, 0.1) is 28.0 Å². The van der Waals surface area contributed by atoms with Crippen molar-refractivity contribution in [3.8, 4) is 16.9 Å². The molecule has 5 rings (SSSR count). The lowest BCUT2D eigenvalue weighted by Crippen LogP contribution is -2.14. The molecule has 152 valence electrons. The third kappa shape index (κ3) is 3.57. The highest BCUT2D eigenvalue weighted by atomic mass is 16.5. The Hall–Kier alpha value is -4.26. The minimum atomic E-state index is -0.301. The van der Waals surface area contributed by atoms with E-state index in [1.54, 1.807) is 29.9 Å². The Morgan fingerprint density at radius 3 is 2.55 bits per heavy atom. The molecule has 7 nitrogen and oxygen atoms in total. The minimum Gasteiger partial charge on any atom is -0.335 e. The number of carbonyl (C=O) groups excluding carboxylic acids is 1. The maximum Gasteiger partial charge on any atom is 0.259 e. The Bertz CT molecular complexity index is 1390. The first kappa shape index (κ1) is 18.7. The van der Waals surface area contributed by atoms with Crippen LogP contribution in [-0.4, -0.2) is 25.8 Å². The second-order valence-electron chi connectivity index (χ2n) is 7.30. The maximum absolute atomic E-state index is 13.2. The third-order valence-electron chi connectivity index (χ3n) is 5.06. The molecule has 5 aromatic rings. The van der Waals surface area contributed by atoms with Gasteiger partial charge in [-0.25, -0.2) is 9.67 Å². The molecule has 0 radical (unpaired) electrons. The van der Waals surface area contributed by atoms with E-state index in [0.717, 1.165) is 16.8 Å². The van der Waals surface area contributed by atoms with Crippen molar-refractivity contribution in [1.29, 1.82) is 0 Å². The smallest absolute Gasteiger partial charge is 0.259 e. The van der Waals surface area contributed by atoms with Crippen molar-refractivity contribution in [2.24, 2.45) is 0 Å². The van der Waals surface area contributed by atoms with Crippen LogP contribution >= 0.6 is 0 Å². The van der Waals surface area contributed by atoms with Gasteiger partial charge in [0.2, 0.25) is 0 Å². The summed E-state index contributed by atoms with van der Waals surface area (Å²) in [6, 6.07) is 21.2. The van der Waals surface area contributed by atoms with Crippen LogP contribution in [0.4, 0.5) is 5.82 Å². The van der Waals surface area contributed by atoms with Crippen LogP contribution in [0.5, 0.6) is 0 Å². The fourth-order valence-electron chi connectivity index (χ4n) is 3.44. The van der Waals surface area contributed by atoms with E-state index in [-0.39, 0.29) is 5.91 Å². The highest BCUT2D eigenvalue weighted by molar-refractivity contribution is 6.12. The Morgan fingerprint density at radius 2 is 1.77 bits per heavy atom. The van der Waals surface area contributed by atoms with Crippen LogP contribution < -0.4 is 5.32 Å². The first-order chi connectivity index (χ1) is 15.1. The van der Waals surface area contributed by atoms with E-state index in [9.17, 15) is 4.79 Å². The van der Waals surface area contributed by atoms with Crippen molar-refractivity contribution in [2.75, 3.05) is 5.32 Å². The summed E-state index contributed by atoms with van der Waals surface area (Å²) in [4.78, 5) is 17.8. The molecule has 0 spiro atoms. The number of fused-ring (bicyclic) bond motifs is 1. The average molecular weight is 409 g/mol. The summed E-state index contributed by atoms with van der Waals surface area (Å²) >= 11 is 0. The summed E-state index contributed by atoms with van der Waals surface area (Å²) in [7, 11) is 0. The zero-order valence-electron chi connectivity index (χ0n) is 17.0. The number of pyridine rings is 1. The topological polar surface area (TPSA) is 85.8 Å². The van der Waals surface area contributed by atoms with E-state index < -0.39 is 0 Å². The van der Waals surface area contributed by atoms with Crippen molar-refractivity contribution in [3.63, 3.8) is 0 Å². The number of hydrogen-bond acceptors (Lipinski definition) is 5. The molecule has 0 unspecified atom stereocenters. The molecule has 2 aromatic carbocycles. The molecule has 7 heteroatoms. The quantitative estimate of drug-likeness (QED) is 0.454. The fourth-order valence-corrected chi connectivity index (χ4v) is 3.44. The van der Waals surface area contributed by atoms with Gasteiger partial charge in [0, 0.05) is 17.8 Å². The van der Waals surface area contributed by atoms with E-state index in [2.05, 4.69) is 20.6 Å². The highest BCUT2D eigenvalue weighted by Gasteiger charge is 2.20. The predicted octanol–water partition coefficient (Wildman–Crippen LogP) is 4.94. The number of carbonyl (C=O) groups is 1. The first-order valence-electron chi connectivity index (χ1n) is 9.85. The molecule has 1 amide bonds. The van der Waals surface area contributed by atoms with Crippen LogP contribution in [-0.2, 0) is 0 Å². The molecule has 1 N–H and O–H groups in total. The second-order valence-corrected chi connectivity index (χ2v) is 7.30. The Balaban J connectivity index is 1.51. The van der Waals surface area contributed by atoms with Gasteiger partial charge in [-0.1, -0.05) is 53.2 Å². The second kappa shape index (κ2) is 7.53. The highest BCUT2D eigenvalue weighted by Crippen LogP contribution is 2.28. The molecule has 0 aliphatic rings. The van der Waals surface area contributed by atoms with Gasteiger partial charge in [0.25, 0.3) is 11.6 Å². The summed E-state index contributed by atoms with van der Waals surface area (Å²) < 4.78 is 7.09. The number of aromatic nitrogens is 4. The summed E-state index contributed by atoms with van der Waals surface area (Å²) in [5, 5.41) is 11.9. The molecule has 0 saturated carbocycles. The van der Waals surface area contributed by atoms with Gasteiger partial charge in [0.1, 0.15) is 0 Å². The van der Waals surface area contributed by atoms with Crippen LogP contribution in [0.3, 0.4) is 0 Å². The van der Waals surface area contributed by atoms with E-state index in [4.69, 9.17) is 4.52 Å². The van der Waals surface area contributed by atoms with Crippen LogP contribution in [0.25, 0.3) is 28.0 Å². The fraction of sp³-hybridized carbons (Fsp3) is 0.0833. The molecule has 0 aliphatic carbocycles. The van der Waals surface area contributed by atoms with Gasteiger partial charge in [0.15, 0.2) is 5.82 Å². The average Bonchev–Trinajstić information content (AvgIpc) is 3.41. The number of anilines is 1. The Morgan fingerprint density at radius 1 is 1.00 bits per heavy atom. The molecular formula is C24H19N5O2. The van der Waals surface area contributed by atoms with Crippen LogP contribution in [0, 0.1) is 13.8 Å². The van der Waals surface area contributed by atoms with Crippen molar-refractivity contribution in [2.45, 2.75) is 13.8 Å². The van der Waals surface area contributed by atoms with Gasteiger partial charge in [-0.2, -0.15) is 5.10 Å². The predicted molar refractivity (Wildman–Crippen MR) is 118 cm³/mol. The number of amides is 1. The van der Waals surface area contributed by atoms with Crippen LogP contribution in [0.2, 0.25) is 0 Å². The lowest BCUT2D eigenvalue weighted by molar-refractivity contribution is 0.102. The normalized spacial score (nSPS) is 11.0. The lowest BCUT2D eigenvalue weighted by Gasteiger charge is -2.07. The zero-order valence-corrected chi connectivity index (χ0v) is 17.0. The molecule has 0 aliphatic heterocycles. The summed E-state index contributed by atoms with van der Waals surface area (Å²) in [5.74, 6) is 0.148. The molecular weight excluding hydrogens is 390 g/mol. The minimum absolute atomic E-state index is 0.301. The van der Waals surface area contributed by atoms with Crippen molar-refractivity contribution in [3.05, 3.63) is 89.7 Å². The van der Waals surface area contributed by atoms with E-state index in [0.29, 0.717) is 33.9 Å². The Kier molecular flexibility index (Phi) is 4.55. The van der Waals surface area contributed by atoms with Crippen molar-refractivity contribution < 1.29 is 9.32 Å². The number of rotatable bonds is 4. The maximum atomic E-state index is 13.2. The van der Waals surface area contributed by atoms with Gasteiger partial charge < -0.3 is 9.84 Å². The molecule has 0 atom stereocenters. The van der Waals surface area contributed by atoms with Gasteiger partial charge in [-0.15, -0.1) is 0 Å². The number of benzene rings is 2. The largest absolute Gasteiger partial charge is 0.335 e. The van der Waals surface area contributed by atoms with Gasteiger partial charge in [-0.05, 0) is 32.0 Å². The van der Waals surface area contributed by atoms with E-state index >= 15 is 0 Å². The molecule has 3 aromatic heterocycles. The van der Waals surface area contributed by atoms with E-state index in [1.165, 1.54) is 0 Å². The van der Waals surface area contributed by atoms with Crippen molar-refractivity contribution in [1.82, 2.24) is 19.9 Å². The standard InChI is InChI=1S/C24H19N5O2/c1-15-8-10-17(11-9-15)20-14-19(22-16(2)28-31-24(22)25-20)23(30)26-21-12-13-29(27-21)18-6-4-3-5-7-18/h3-14H,1-2H3,(H,26,27,30). The summed E-state index contributed by atoms with van der Waals surface area (Å²) in [6.45, 7) is 3.81. The number of hydrogen-bond donors (Lipinski definition) is 1. The molecule has 0 saturated heterocycles. The molecule has 0 fully saturated rings. The van der Waals surface area contributed by atoms with E-state index in [1.807, 2.05) is 61.5 Å². The zero-order chi connectivity index (χ0) is 21.4. The number of nitrogens with one attached hydrogen (secondary N) is 1. The third-order valence-corrected chi connectivity index (χ3v) is 5.06. The molecule has 31 heavy (non-hydrogen) atoms.